The van der Waals surface area contributed by atoms with E-state index in [9.17, 15) is 4.79 Å². The molecule has 0 atom stereocenters. The second-order valence-electron chi connectivity index (χ2n) is 6.03. The lowest BCUT2D eigenvalue weighted by molar-refractivity contribution is -0.142. The molecule has 0 rings (SSSR count). The summed E-state index contributed by atoms with van der Waals surface area (Å²) in [5.74, 6) is -0.199. The molecule has 0 bridgehead atoms. The molecular formula is C14H28O3Si. The molecule has 0 aliphatic carbocycles. The van der Waals surface area contributed by atoms with Gasteiger partial charge < -0.3 is 9.16 Å². The average Bonchev–Trinajstić information content (AvgIpc) is 2.21. The van der Waals surface area contributed by atoms with Crippen LogP contribution in [-0.2, 0) is 14.0 Å². The molecule has 18 heavy (non-hydrogen) atoms. The van der Waals surface area contributed by atoms with E-state index in [2.05, 4.69) is 40.4 Å². The van der Waals surface area contributed by atoms with Gasteiger partial charge in [0.05, 0.1) is 13.0 Å². The average molecular weight is 272 g/mol. The van der Waals surface area contributed by atoms with E-state index < -0.39 is 8.32 Å². The third-order valence-corrected chi connectivity index (χ3v) is 7.92. The molecule has 0 radical (unpaired) electrons. The summed E-state index contributed by atoms with van der Waals surface area (Å²) in [7, 11) is -1.62. The van der Waals surface area contributed by atoms with Gasteiger partial charge in [0.1, 0.15) is 0 Å². The number of rotatable bonds is 8. The van der Waals surface area contributed by atoms with Crippen molar-refractivity contribution in [1.29, 1.82) is 0 Å². The van der Waals surface area contributed by atoms with Crippen molar-refractivity contribution in [3.8, 4) is 0 Å². The van der Waals surface area contributed by atoms with Gasteiger partial charge in [-0.1, -0.05) is 26.8 Å². The van der Waals surface area contributed by atoms with E-state index >= 15 is 0 Å². The lowest BCUT2D eigenvalue weighted by Crippen LogP contribution is -2.41. The zero-order valence-electron chi connectivity index (χ0n) is 12.5. The van der Waals surface area contributed by atoms with Crippen molar-refractivity contribution < 1.29 is 14.0 Å². The molecule has 0 heterocycles. The van der Waals surface area contributed by atoms with Crippen LogP contribution in [0.4, 0.5) is 0 Å². The third-order valence-electron chi connectivity index (χ3n) is 3.38. The Morgan fingerprint density at radius 3 is 2.28 bits per heavy atom. The first-order valence-corrected chi connectivity index (χ1v) is 9.52. The fraction of sp³-hybridized carbons (Fsp3) is 0.786. The molecule has 0 saturated heterocycles. The molecule has 0 amide bonds. The molecule has 0 aromatic rings. The van der Waals surface area contributed by atoms with Gasteiger partial charge in [-0.25, -0.2) is 0 Å². The topological polar surface area (TPSA) is 35.5 Å². The van der Waals surface area contributed by atoms with Gasteiger partial charge in [0.25, 0.3) is 0 Å². The van der Waals surface area contributed by atoms with Crippen LogP contribution in [0, 0.1) is 0 Å². The number of esters is 1. The molecule has 0 saturated carbocycles. The molecule has 0 aliphatic heterocycles. The Bertz CT molecular complexity index is 267. The quantitative estimate of drug-likeness (QED) is 0.291. The molecule has 4 heteroatoms. The molecule has 0 aliphatic rings. The maximum Gasteiger partial charge on any atom is 0.309 e. The first-order valence-electron chi connectivity index (χ1n) is 6.61. The second-order valence-corrected chi connectivity index (χ2v) is 10.8. The molecule has 0 N–H and O–H groups in total. The van der Waals surface area contributed by atoms with Crippen molar-refractivity contribution >= 4 is 14.3 Å². The lowest BCUT2D eigenvalue weighted by Gasteiger charge is -2.36. The van der Waals surface area contributed by atoms with Gasteiger partial charge in [-0.3, -0.25) is 4.79 Å². The van der Waals surface area contributed by atoms with Crippen LogP contribution in [0.15, 0.2) is 12.7 Å². The molecule has 3 nitrogen and oxygen atoms in total. The maximum absolute atomic E-state index is 11.0. The highest BCUT2D eigenvalue weighted by Gasteiger charge is 2.36. The summed E-state index contributed by atoms with van der Waals surface area (Å²) in [6.07, 6.45) is 3.65. The number of unbranched alkanes of at least 4 members (excludes halogenated alkanes) is 1. The molecule has 0 spiro atoms. The smallest absolute Gasteiger partial charge is 0.309 e. The van der Waals surface area contributed by atoms with Crippen molar-refractivity contribution in [2.75, 3.05) is 13.2 Å². The standard InChI is InChI=1S/C14H28O3Si/c1-7-10-13(15)16-11-8-9-12-17-18(5,6)14(2,3)4/h7H,1,8-12H2,2-6H3. The van der Waals surface area contributed by atoms with Gasteiger partial charge in [0, 0.05) is 6.61 Å². The second kappa shape index (κ2) is 7.74. The lowest BCUT2D eigenvalue weighted by atomic mass is 10.2. The number of carbonyl (C=O) groups is 1. The molecular weight excluding hydrogens is 244 g/mol. The van der Waals surface area contributed by atoms with Gasteiger partial charge in [-0.05, 0) is 31.0 Å². The SMILES string of the molecule is C=CCC(=O)OCCCCO[Si](C)(C)C(C)(C)C. The van der Waals surface area contributed by atoms with Gasteiger partial charge in [-0.15, -0.1) is 6.58 Å². The van der Waals surface area contributed by atoms with E-state index in [1.54, 1.807) is 6.08 Å². The Morgan fingerprint density at radius 2 is 1.78 bits per heavy atom. The van der Waals surface area contributed by atoms with Crippen LogP contribution in [0.25, 0.3) is 0 Å². The van der Waals surface area contributed by atoms with Crippen molar-refractivity contribution in [2.24, 2.45) is 0 Å². The summed E-state index contributed by atoms with van der Waals surface area (Å²) < 4.78 is 11.1. The Hall–Kier alpha value is -0.613. The summed E-state index contributed by atoms with van der Waals surface area (Å²) in [4.78, 5) is 11.0. The van der Waals surface area contributed by atoms with Crippen LogP contribution in [0.2, 0.25) is 18.1 Å². The van der Waals surface area contributed by atoms with Crippen molar-refractivity contribution in [3.05, 3.63) is 12.7 Å². The molecule has 0 fully saturated rings. The predicted octanol–water partition coefficient (Wildman–Crippen LogP) is 3.91. The summed E-state index contributed by atoms with van der Waals surface area (Å²) in [5, 5.41) is 0.253. The minimum Gasteiger partial charge on any atom is -0.465 e. The first-order chi connectivity index (χ1) is 8.20. The van der Waals surface area contributed by atoms with Crippen LogP contribution < -0.4 is 0 Å². The molecule has 0 aromatic heterocycles. The van der Waals surface area contributed by atoms with E-state index in [1.807, 2.05) is 0 Å². The summed E-state index contributed by atoms with van der Waals surface area (Å²) in [6, 6.07) is 0. The Morgan fingerprint density at radius 1 is 1.22 bits per heavy atom. The summed E-state index contributed by atoms with van der Waals surface area (Å²) in [6.45, 7) is 15.9. The van der Waals surface area contributed by atoms with Crippen LogP contribution in [-0.4, -0.2) is 27.5 Å². The minimum absolute atomic E-state index is 0.199. The normalized spacial score (nSPS) is 12.3. The number of hydrogen-bond donors (Lipinski definition) is 0. The number of carbonyl (C=O) groups excluding carboxylic acids is 1. The highest BCUT2D eigenvalue weighted by Crippen LogP contribution is 2.36. The highest BCUT2D eigenvalue weighted by atomic mass is 28.4. The molecule has 0 unspecified atom stereocenters. The Labute approximate surface area is 113 Å². The third kappa shape index (κ3) is 6.96. The van der Waals surface area contributed by atoms with E-state index in [4.69, 9.17) is 9.16 Å². The summed E-state index contributed by atoms with van der Waals surface area (Å²) in [5.41, 5.74) is 0. The van der Waals surface area contributed by atoms with Crippen LogP contribution in [0.5, 0.6) is 0 Å². The van der Waals surface area contributed by atoms with Crippen LogP contribution in [0.3, 0.4) is 0 Å². The Balaban J connectivity index is 3.63. The van der Waals surface area contributed by atoms with Crippen molar-refractivity contribution in [1.82, 2.24) is 0 Å². The summed E-state index contributed by atoms with van der Waals surface area (Å²) >= 11 is 0. The van der Waals surface area contributed by atoms with Gasteiger partial charge in [0.2, 0.25) is 0 Å². The number of ether oxygens (including phenoxy) is 1. The fourth-order valence-electron chi connectivity index (χ4n) is 1.11. The fourth-order valence-corrected chi connectivity index (χ4v) is 2.20. The monoisotopic (exact) mass is 272 g/mol. The van der Waals surface area contributed by atoms with Gasteiger partial charge >= 0.3 is 5.97 Å². The Kier molecular flexibility index (Phi) is 7.48. The number of hydrogen-bond acceptors (Lipinski definition) is 3. The maximum atomic E-state index is 11.0. The van der Waals surface area contributed by atoms with E-state index in [0.717, 1.165) is 19.4 Å². The van der Waals surface area contributed by atoms with Gasteiger partial charge in [0.15, 0.2) is 8.32 Å². The van der Waals surface area contributed by atoms with E-state index in [0.29, 0.717) is 13.0 Å². The largest absolute Gasteiger partial charge is 0.465 e. The highest BCUT2D eigenvalue weighted by molar-refractivity contribution is 6.74. The van der Waals surface area contributed by atoms with Crippen molar-refractivity contribution in [3.63, 3.8) is 0 Å². The van der Waals surface area contributed by atoms with E-state index in [1.165, 1.54) is 0 Å². The van der Waals surface area contributed by atoms with Crippen molar-refractivity contribution in [2.45, 2.75) is 58.2 Å². The zero-order chi connectivity index (χ0) is 14.2. The minimum atomic E-state index is -1.62. The molecule has 106 valence electrons. The van der Waals surface area contributed by atoms with Crippen LogP contribution in [0.1, 0.15) is 40.0 Å². The molecule has 0 aromatic carbocycles. The first kappa shape index (κ1) is 17.4. The predicted molar refractivity (Wildman–Crippen MR) is 78.2 cm³/mol. The zero-order valence-corrected chi connectivity index (χ0v) is 13.5. The van der Waals surface area contributed by atoms with Gasteiger partial charge in [-0.2, -0.15) is 0 Å². The van der Waals surface area contributed by atoms with E-state index in [-0.39, 0.29) is 11.0 Å². The van der Waals surface area contributed by atoms with Crippen LogP contribution >= 0.6 is 0 Å².